The lowest BCUT2D eigenvalue weighted by Gasteiger charge is -2.08. The lowest BCUT2D eigenvalue weighted by molar-refractivity contribution is -0.123. The van der Waals surface area contributed by atoms with E-state index in [4.69, 9.17) is 4.74 Å². The van der Waals surface area contributed by atoms with E-state index in [1.54, 1.807) is 30.9 Å². The van der Waals surface area contributed by atoms with Gasteiger partial charge in [0.1, 0.15) is 17.9 Å². The number of halogens is 1. The predicted molar refractivity (Wildman–Crippen MR) is 92.8 cm³/mol. The Morgan fingerprint density at radius 2 is 2.04 bits per heavy atom. The molecular weight excluding hydrogens is 372 g/mol. The summed E-state index contributed by atoms with van der Waals surface area (Å²) in [7, 11) is 0. The molecule has 0 aliphatic rings. The molecule has 0 aliphatic carbocycles. The zero-order chi connectivity index (χ0) is 16.8. The predicted octanol–water partition coefficient (Wildman–Crippen LogP) is 2.73. The maximum absolute atomic E-state index is 11.8. The summed E-state index contributed by atoms with van der Waals surface area (Å²) < 4.78 is 8.20. The fourth-order valence-electron chi connectivity index (χ4n) is 2.00. The van der Waals surface area contributed by atoms with Gasteiger partial charge in [-0.2, -0.15) is 0 Å². The number of rotatable bonds is 6. The first kappa shape index (κ1) is 16.2. The first-order valence-electron chi connectivity index (χ1n) is 7.29. The van der Waals surface area contributed by atoms with Gasteiger partial charge >= 0.3 is 0 Å². The molecule has 0 aliphatic heterocycles. The number of imidazole rings is 1. The van der Waals surface area contributed by atoms with Gasteiger partial charge in [0.15, 0.2) is 6.61 Å². The van der Waals surface area contributed by atoms with Gasteiger partial charge in [-0.3, -0.25) is 9.36 Å². The minimum absolute atomic E-state index is 0.0256. The summed E-state index contributed by atoms with van der Waals surface area (Å²) in [6.45, 7) is 0.377. The minimum Gasteiger partial charge on any atom is -0.484 e. The summed E-state index contributed by atoms with van der Waals surface area (Å²) in [5, 5.41) is 2.80. The van der Waals surface area contributed by atoms with Crippen LogP contribution in [0.15, 0.2) is 65.8 Å². The van der Waals surface area contributed by atoms with Crippen LogP contribution in [0.3, 0.4) is 0 Å². The summed E-state index contributed by atoms with van der Waals surface area (Å²) in [5.41, 5.74) is 0.913. The summed E-state index contributed by atoms with van der Waals surface area (Å²) in [6, 6.07) is 11.1. The molecule has 0 atom stereocenters. The van der Waals surface area contributed by atoms with Crippen molar-refractivity contribution in [3.8, 4) is 11.6 Å². The summed E-state index contributed by atoms with van der Waals surface area (Å²) in [4.78, 5) is 20.1. The zero-order valence-electron chi connectivity index (χ0n) is 12.7. The molecule has 6 nitrogen and oxygen atoms in total. The normalized spacial score (nSPS) is 10.4. The van der Waals surface area contributed by atoms with E-state index in [0.29, 0.717) is 12.3 Å². The molecule has 0 spiro atoms. The topological polar surface area (TPSA) is 69.0 Å². The Labute approximate surface area is 147 Å². The van der Waals surface area contributed by atoms with Gasteiger partial charge in [-0.25, -0.2) is 9.97 Å². The van der Waals surface area contributed by atoms with Crippen molar-refractivity contribution in [2.24, 2.45) is 0 Å². The Balaban J connectivity index is 1.46. The Hall–Kier alpha value is -2.67. The van der Waals surface area contributed by atoms with Gasteiger partial charge in [-0.05, 0) is 35.9 Å². The largest absolute Gasteiger partial charge is 0.484 e. The van der Waals surface area contributed by atoms with Crippen molar-refractivity contribution in [2.45, 2.75) is 6.54 Å². The molecule has 0 saturated heterocycles. The van der Waals surface area contributed by atoms with Gasteiger partial charge in [0.25, 0.3) is 5.91 Å². The number of carbonyl (C=O) groups is 1. The molecule has 0 bridgehead atoms. The molecule has 0 unspecified atom stereocenters. The highest BCUT2D eigenvalue weighted by atomic mass is 79.9. The SMILES string of the molecule is O=C(COc1ccc(Br)cc1)NCc1ccc(-n2ccnc2)nc1. The van der Waals surface area contributed by atoms with Crippen molar-refractivity contribution in [3.05, 3.63) is 71.4 Å². The molecule has 3 rings (SSSR count). The van der Waals surface area contributed by atoms with Crippen LogP contribution in [0.4, 0.5) is 0 Å². The third-order valence-electron chi connectivity index (χ3n) is 3.25. The molecule has 1 N–H and O–H groups in total. The van der Waals surface area contributed by atoms with Crippen molar-refractivity contribution in [3.63, 3.8) is 0 Å². The van der Waals surface area contributed by atoms with Crippen LogP contribution in [0.1, 0.15) is 5.56 Å². The monoisotopic (exact) mass is 386 g/mol. The second kappa shape index (κ2) is 7.74. The number of hydrogen-bond acceptors (Lipinski definition) is 4. The van der Waals surface area contributed by atoms with E-state index >= 15 is 0 Å². The van der Waals surface area contributed by atoms with Crippen molar-refractivity contribution < 1.29 is 9.53 Å². The molecule has 1 aromatic carbocycles. The van der Waals surface area contributed by atoms with E-state index in [0.717, 1.165) is 15.9 Å². The van der Waals surface area contributed by atoms with Crippen LogP contribution in [0.5, 0.6) is 5.75 Å². The minimum atomic E-state index is -0.184. The van der Waals surface area contributed by atoms with Crippen molar-refractivity contribution in [2.75, 3.05) is 6.61 Å². The number of ether oxygens (including phenoxy) is 1. The second-order valence-corrected chi connectivity index (χ2v) is 5.93. The highest BCUT2D eigenvalue weighted by Crippen LogP contribution is 2.15. The Morgan fingerprint density at radius 1 is 1.21 bits per heavy atom. The highest BCUT2D eigenvalue weighted by Gasteiger charge is 2.04. The number of benzene rings is 1. The number of pyridine rings is 1. The molecule has 0 saturated carbocycles. The van der Waals surface area contributed by atoms with E-state index in [1.807, 2.05) is 35.0 Å². The van der Waals surface area contributed by atoms with Crippen LogP contribution < -0.4 is 10.1 Å². The number of amides is 1. The van der Waals surface area contributed by atoms with Gasteiger partial charge in [0, 0.05) is 29.6 Å². The van der Waals surface area contributed by atoms with Gasteiger partial charge in [0.2, 0.25) is 0 Å². The number of nitrogens with zero attached hydrogens (tertiary/aromatic N) is 3. The van der Waals surface area contributed by atoms with E-state index in [2.05, 4.69) is 31.2 Å². The fourth-order valence-corrected chi connectivity index (χ4v) is 2.26. The Bertz CT molecular complexity index is 786. The van der Waals surface area contributed by atoms with Crippen LogP contribution in [0.2, 0.25) is 0 Å². The number of aromatic nitrogens is 3. The van der Waals surface area contributed by atoms with E-state index in [1.165, 1.54) is 0 Å². The standard InChI is InChI=1S/C17H15BrN4O2/c18-14-2-4-15(5-3-14)24-11-17(23)21-10-13-1-6-16(20-9-13)22-8-7-19-12-22/h1-9,12H,10-11H2,(H,21,23). The Kier molecular flexibility index (Phi) is 5.22. The van der Waals surface area contributed by atoms with Gasteiger partial charge in [0.05, 0.1) is 0 Å². The van der Waals surface area contributed by atoms with E-state index in [-0.39, 0.29) is 12.5 Å². The van der Waals surface area contributed by atoms with Crippen molar-refractivity contribution in [1.29, 1.82) is 0 Å². The van der Waals surface area contributed by atoms with E-state index < -0.39 is 0 Å². The molecule has 0 fully saturated rings. The molecular formula is C17H15BrN4O2. The third kappa shape index (κ3) is 4.42. The molecule has 24 heavy (non-hydrogen) atoms. The summed E-state index contributed by atoms with van der Waals surface area (Å²) in [5.74, 6) is 1.25. The smallest absolute Gasteiger partial charge is 0.258 e. The maximum atomic E-state index is 11.8. The van der Waals surface area contributed by atoms with Gasteiger partial charge in [-0.15, -0.1) is 0 Å². The van der Waals surface area contributed by atoms with Crippen LogP contribution in [0.25, 0.3) is 5.82 Å². The molecule has 122 valence electrons. The molecule has 1 amide bonds. The second-order valence-electron chi connectivity index (χ2n) is 5.01. The van der Waals surface area contributed by atoms with E-state index in [9.17, 15) is 4.79 Å². The summed E-state index contributed by atoms with van der Waals surface area (Å²) in [6.07, 6.45) is 6.93. The quantitative estimate of drug-likeness (QED) is 0.706. The first-order valence-corrected chi connectivity index (χ1v) is 8.08. The third-order valence-corrected chi connectivity index (χ3v) is 3.78. The van der Waals surface area contributed by atoms with Crippen molar-refractivity contribution in [1.82, 2.24) is 19.9 Å². The van der Waals surface area contributed by atoms with Gasteiger partial charge in [-0.1, -0.05) is 22.0 Å². The number of nitrogens with one attached hydrogen (secondary N) is 1. The lowest BCUT2D eigenvalue weighted by Crippen LogP contribution is -2.28. The van der Waals surface area contributed by atoms with Crippen LogP contribution in [-0.2, 0) is 11.3 Å². The van der Waals surface area contributed by atoms with Crippen LogP contribution in [-0.4, -0.2) is 27.0 Å². The number of hydrogen-bond donors (Lipinski definition) is 1. The maximum Gasteiger partial charge on any atom is 0.258 e. The Morgan fingerprint density at radius 3 is 2.71 bits per heavy atom. The molecule has 2 heterocycles. The van der Waals surface area contributed by atoms with Crippen LogP contribution >= 0.6 is 15.9 Å². The zero-order valence-corrected chi connectivity index (χ0v) is 14.3. The lowest BCUT2D eigenvalue weighted by atomic mass is 10.3. The highest BCUT2D eigenvalue weighted by molar-refractivity contribution is 9.10. The molecule has 2 aromatic heterocycles. The average Bonchev–Trinajstić information content (AvgIpc) is 3.14. The molecule has 7 heteroatoms. The first-order chi connectivity index (χ1) is 11.7. The van der Waals surface area contributed by atoms with Crippen molar-refractivity contribution >= 4 is 21.8 Å². The average molecular weight is 387 g/mol. The van der Waals surface area contributed by atoms with Crippen LogP contribution in [0, 0.1) is 0 Å². The molecule has 3 aromatic rings. The molecule has 0 radical (unpaired) electrons. The van der Waals surface area contributed by atoms with Gasteiger partial charge < -0.3 is 10.1 Å². The summed E-state index contributed by atoms with van der Waals surface area (Å²) >= 11 is 3.35. The fraction of sp³-hybridized carbons (Fsp3) is 0.118. The number of carbonyl (C=O) groups excluding carboxylic acids is 1.